The molecule has 4 heteroatoms. The number of rotatable bonds is 2. The first-order chi connectivity index (χ1) is 9.61. The van der Waals surface area contributed by atoms with Gasteiger partial charge in [0, 0.05) is 15.8 Å². The molecule has 0 fully saturated rings. The average Bonchev–Trinajstić information content (AvgIpc) is 2.51. The van der Waals surface area contributed by atoms with Gasteiger partial charge in [0.25, 0.3) is 0 Å². The monoisotopic (exact) mass is 523 g/mol. The molecule has 2 rings (SSSR count). The molecule has 0 nitrogen and oxygen atoms in total. The zero-order chi connectivity index (χ0) is 15.4. The Morgan fingerprint density at radius 1 is 0.619 bits per heavy atom. The summed E-state index contributed by atoms with van der Waals surface area (Å²) in [7, 11) is 4.19. The first kappa shape index (κ1) is 23.5. The van der Waals surface area contributed by atoms with Gasteiger partial charge in [-0.3, -0.25) is 0 Å². The van der Waals surface area contributed by atoms with Crippen LogP contribution in [-0.4, -0.2) is 26.7 Å². The molecule has 2 aromatic rings. The first-order valence-corrected chi connectivity index (χ1v) is 14.3. The van der Waals surface area contributed by atoms with Crippen LogP contribution in [0.4, 0.5) is 0 Å². The standard InChI is InChI=1S/2C8H11P.CH3.ClH.Pt/c2*1-9(2)8-6-4-3-5-7-8;;;/h2*3-7H,1-2H3;1H3;1H;/q;;-1;;+2/p+1. The van der Waals surface area contributed by atoms with Gasteiger partial charge in [-0.05, 0) is 24.3 Å². The molecule has 21 heavy (non-hydrogen) atoms. The van der Waals surface area contributed by atoms with Crippen LogP contribution in [0.25, 0.3) is 0 Å². The third kappa shape index (κ3) is 11.5. The van der Waals surface area contributed by atoms with Crippen LogP contribution in [-0.2, 0) is 18.8 Å². The fraction of sp³-hybridized carbons (Fsp3) is 0.235. The zero-order valence-corrected chi connectivity index (χ0v) is 18.5. The Kier molecular flexibility index (Phi) is 17.0. The van der Waals surface area contributed by atoms with E-state index in [0.717, 1.165) is 0 Å². The average molecular weight is 524 g/mol. The molecule has 0 N–H and O–H groups in total. The second kappa shape index (κ2) is 15.2. The van der Waals surface area contributed by atoms with Crippen LogP contribution in [0.2, 0.25) is 0 Å². The Morgan fingerprint density at radius 2 is 0.857 bits per heavy atom. The van der Waals surface area contributed by atoms with Gasteiger partial charge in [0.15, 0.2) is 0 Å². The molecular weight excluding hydrogens is 497 g/mol. The molecule has 0 aliphatic carbocycles. The van der Waals surface area contributed by atoms with Gasteiger partial charge in [0.1, 0.15) is 0 Å². The zero-order valence-electron chi connectivity index (χ0n) is 13.5. The fourth-order valence-electron chi connectivity index (χ4n) is 1.54. The quantitative estimate of drug-likeness (QED) is 0.395. The van der Waals surface area contributed by atoms with E-state index in [1.54, 1.807) is 18.8 Å². The van der Waals surface area contributed by atoms with Crippen molar-refractivity contribution in [3.8, 4) is 0 Å². The predicted octanol–water partition coefficient (Wildman–Crippen LogP) is 4.71. The minimum atomic E-state index is -0.212. The van der Waals surface area contributed by atoms with Crippen LogP contribution in [0.3, 0.4) is 0 Å². The van der Waals surface area contributed by atoms with Gasteiger partial charge in [0.2, 0.25) is 0 Å². The molecule has 0 bridgehead atoms. The molecule has 0 aromatic heterocycles. The molecule has 0 unspecified atom stereocenters. The molecule has 0 aliphatic heterocycles. The third-order valence-corrected chi connectivity index (χ3v) is 5.68. The van der Waals surface area contributed by atoms with Gasteiger partial charge in [-0.15, -0.1) is 0 Å². The summed E-state index contributed by atoms with van der Waals surface area (Å²) in [6.45, 7) is 9.22. The van der Waals surface area contributed by atoms with Crippen molar-refractivity contribution < 1.29 is 18.8 Å². The van der Waals surface area contributed by atoms with Crippen molar-refractivity contribution in [1.29, 1.82) is 0 Å². The number of hydrogen-bond donors (Lipinski definition) is 0. The predicted molar refractivity (Wildman–Crippen MR) is 105 cm³/mol. The maximum atomic E-state index is 4.61. The van der Waals surface area contributed by atoms with Crippen LogP contribution in [0.15, 0.2) is 60.7 Å². The summed E-state index contributed by atoms with van der Waals surface area (Å²) in [6, 6.07) is 21.4. The maximum absolute atomic E-state index is 4.61. The number of halogens is 1. The van der Waals surface area contributed by atoms with Gasteiger partial charge in [-0.1, -0.05) is 36.4 Å². The third-order valence-electron chi connectivity index (χ3n) is 2.70. The minimum absolute atomic E-state index is 0. The molecule has 0 spiro atoms. The van der Waals surface area contributed by atoms with Crippen LogP contribution in [0.1, 0.15) is 0 Å². The summed E-state index contributed by atoms with van der Waals surface area (Å²) < 4.78 is 0. The van der Waals surface area contributed by atoms with Crippen molar-refractivity contribution in [3.05, 3.63) is 68.1 Å². The van der Waals surface area contributed by atoms with E-state index in [0.29, 0.717) is 0 Å². The van der Waals surface area contributed by atoms with Crippen molar-refractivity contribution in [3.63, 3.8) is 0 Å². The molecule has 2 aromatic carbocycles. The topological polar surface area (TPSA) is 0 Å². The molecule has 120 valence electrons. The Balaban J connectivity index is 0. The van der Waals surface area contributed by atoms with E-state index in [4.69, 9.17) is 0 Å². The Hall–Kier alpha value is 0.278. The Bertz CT molecular complexity index is 390. The van der Waals surface area contributed by atoms with Crippen molar-refractivity contribution in [2.45, 2.75) is 0 Å². The first-order valence-electron chi connectivity index (χ1n) is 6.44. The summed E-state index contributed by atoms with van der Waals surface area (Å²) in [4.78, 5) is 0. The summed E-state index contributed by atoms with van der Waals surface area (Å²) in [6.07, 6.45) is 0. The molecule has 0 atom stereocenters. The van der Waals surface area contributed by atoms with Crippen LogP contribution in [0.5, 0.6) is 0 Å². The van der Waals surface area contributed by atoms with Crippen molar-refractivity contribution in [2.24, 2.45) is 0 Å². The summed E-state index contributed by atoms with van der Waals surface area (Å²) in [5, 5.41) is 3.03. The van der Waals surface area contributed by atoms with Gasteiger partial charge in [0.05, 0.1) is 37.3 Å². The molecule has 0 saturated carbocycles. The van der Waals surface area contributed by atoms with Crippen molar-refractivity contribution in [2.75, 3.05) is 26.7 Å². The summed E-state index contributed by atoms with van der Waals surface area (Å²) in [5.74, 6) is 0. The Labute approximate surface area is 149 Å². The second-order valence-electron chi connectivity index (χ2n) is 4.73. The fourth-order valence-corrected chi connectivity index (χ4v) is 3.26. The number of benzene rings is 2. The molecular formula is C17H27ClP2Pt+2. The molecule has 0 amide bonds. The summed E-state index contributed by atoms with van der Waals surface area (Å²) in [5.41, 5.74) is 0. The van der Waals surface area contributed by atoms with Gasteiger partial charge >= 0.3 is 28.2 Å². The van der Waals surface area contributed by atoms with Crippen LogP contribution >= 0.6 is 25.3 Å². The molecule has 0 radical (unpaired) electrons. The van der Waals surface area contributed by atoms with E-state index in [2.05, 4.69) is 96.7 Å². The normalized spacial score (nSPS) is 9.00. The van der Waals surface area contributed by atoms with Gasteiger partial charge < -0.3 is 7.43 Å². The number of hydrogen-bond acceptors (Lipinski definition) is 0. The van der Waals surface area contributed by atoms with E-state index >= 15 is 0 Å². The Morgan fingerprint density at radius 3 is 1.00 bits per heavy atom. The van der Waals surface area contributed by atoms with Gasteiger partial charge in [-0.2, -0.15) is 0 Å². The van der Waals surface area contributed by atoms with E-state index < -0.39 is 0 Å². The molecule has 0 aliphatic rings. The summed E-state index contributed by atoms with van der Waals surface area (Å²) >= 11 is 1.61. The van der Waals surface area contributed by atoms with E-state index in [-0.39, 0.29) is 23.3 Å². The van der Waals surface area contributed by atoms with Crippen LogP contribution in [0, 0.1) is 7.43 Å². The molecule has 0 saturated heterocycles. The van der Waals surface area contributed by atoms with Crippen molar-refractivity contribution >= 4 is 35.9 Å². The van der Waals surface area contributed by atoms with Crippen LogP contribution < -0.4 is 10.6 Å². The van der Waals surface area contributed by atoms with Crippen molar-refractivity contribution in [1.82, 2.24) is 0 Å². The van der Waals surface area contributed by atoms with E-state index in [9.17, 15) is 0 Å². The van der Waals surface area contributed by atoms with E-state index in [1.165, 1.54) is 10.6 Å². The SMILES string of the molecule is C[PH+](C)c1ccccc1.C[PH+](C)c1ccccc1.[CH3-].[Cl][Pt+]. The second-order valence-corrected chi connectivity index (χ2v) is 9.89. The molecule has 0 heterocycles. The van der Waals surface area contributed by atoms with E-state index in [1.807, 2.05) is 0 Å². The van der Waals surface area contributed by atoms with Gasteiger partial charge in [-0.25, -0.2) is 0 Å².